The number of hydrogen-bond donors (Lipinski definition) is 0. The lowest BCUT2D eigenvalue weighted by Gasteiger charge is -2.29. The Morgan fingerprint density at radius 3 is 1.38 bits per heavy atom. The summed E-state index contributed by atoms with van der Waals surface area (Å²) in [7, 11) is 0. The first-order valence-corrected chi connectivity index (χ1v) is 11.1. The number of benzene rings is 1. The van der Waals surface area contributed by atoms with E-state index in [1.807, 2.05) is 0 Å². The molecule has 188 valence electrons. The Morgan fingerprint density at radius 2 is 1.09 bits per heavy atom. The van der Waals surface area contributed by atoms with Crippen LogP contribution >= 0.6 is 23.2 Å². The number of halogens is 2. The molecule has 13 heteroatoms. The van der Waals surface area contributed by atoms with Gasteiger partial charge in [-0.25, -0.2) is 0 Å². The van der Waals surface area contributed by atoms with Crippen LogP contribution in [-0.2, 0) is 38.1 Å². The highest BCUT2D eigenvalue weighted by Crippen LogP contribution is 2.43. The fraction of sp³-hybridized carbons (Fsp3) is 0.524. The summed E-state index contributed by atoms with van der Waals surface area (Å²) in [5.41, 5.74) is -1.10. The van der Waals surface area contributed by atoms with Gasteiger partial charge in [0.1, 0.15) is 0 Å². The van der Waals surface area contributed by atoms with E-state index in [4.69, 9.17) is 42.1 Å². The summed E-state index contributed by atoms with van der Waals surface area (Å²) in [6.07, 6.45) is 0. The number of nitrogens with zero attached hydrogens (tertiary/aromatic N) is 1. The van der Waals surface area contributed by atoms with Crippen LogP contribution in [0.3, 0.4) is 0 Å². The second-order valence-corrected chi connectivity index (χ2v) is 7.39. The topological polar surface area (TPSA) is 148 Å². The van der Waals surface area contributed by atoms with Gasteiger partial charge in [0.2, 0.25) is 0 Å². The third-order valence-corrected chi connectivity index (χ3v) is 5.23. The van der Waals surface area contributed by atoms with Gasteiger partial charge in [-0.3, -0.25) is 29.3 Å². The van der Waals surface area contributed by atoms with Crippen molar-refractivity contribution in [3.63, 3.8) is 0 Å². The third-order valence-electron chi connectivity index (χ3n) is 4.51. The van der Waals surface area contributed by atoms with Crippen LogP contribution in [0.2, 0.25) is 10.0 Å². The molecule has 0 aliphatic carbocycles. The van der Waals surface area contributed by atoms with Gasteiger partial charge in [-0.15, -0.1) is 0 Å². The number of nitro benzene ring substituents is 1. The van der Waals surface area contributed by atoms with Crippen LogP contribution in [0.1, 0.15) is 39.2 Å². The molecule has 0 saturated heterocycles. The van der Waals surface area contributed by atoms with Crippen LogP contribution in [0.15, 0.2) is 12.1 Å². The lowest BCUT2D eigenvalue weighted by Crippen LogP contribution is -2.43. The lowest BCUT2D eigenvalue weighted by molar-refractivity contribution is -0.385. The maximum atomic E-state index is 12.9. The molecule has 0 N–H and O–H groups in total. The number of carbonyl (C=O) groups is 4. The molecular weight excluding hydrogens is 497 g/mol. The normalized spacial score (nSPS) is 10.9. The summed E-state index contributed by atoms with van der Waals surface area (Å²) < 4.78 is 19.9. The minimum absolute atomic E-state index is 0.172. The summed E-state index contributed by atoms with van der Waals surface area (Å²) in [6.45, 7) is 5.16. The standard InChI is InChI=1S/C21H25Cl2NO10/c1-5-31-18(25)16(19(26)32-6-2)15(17(20(27)33-7-3)21(28)34-8-4)11-9-12(22)13(23)10-14(11)24(29)30/h9-10,15-17H,5-8H2,1-4H3. The zero-order chi connectivity index (χ0) is 26.0. The van der Waals surface area contributed by atoms with Crippen molar-refractivity contribution in [1.82, 2.24) is 0 Å². The minimum Gasteiger partial charge on any atom is -0.465 e. The van der Waals surface area contributed by atoms with Crippen LogP contribution in [0, 0.1) is 22.0 Å². The molecule has 0 unspecified atom stereocenters. The molecule has 1 aromatic carbocycles. The molecule has 0 atom stereocenters. The monoisotopic (exact) mass is 521 g/mol. The molecule has 1 rings (SSSR count). The first-order chi connectivity index (χ1) is 16.0. The Balaban J connectivity index is 4.06. The van der Waals surface area contributed by atoms with Crippen LogP contribution < -0.4 is 0 Å². The van der Waals surface area contributed by atoms with Crippen molar-refractivity contribution >= 4 is 52.8 Å². The van der Waals surface area contributed by atoms with Crippen molar-refractivity contribution in [2.24, 2.45) is 11.8 Å². The van der Waals surface area contributed by atoms with Crippen molar-refractivity contribution < 1.29 is 43.0 Å². The van der Waals surface area contributed by atoms with Crippen LogP contribution in [-0.4, -0.2) is 55.2 Å². The van der Waals surface area contributed by atoms with Crippen LogP contribution in [0.25, 0.3) is 0 Å². The molecule has 0 aliphatic rings. The Hall–Kier alpha value is -2.92. The third kappa shape index (κ3) is 7.04. The molecule has 0 aliphatic heterocycles. The highest BCUT2D eigenvalue weighted by molar-refractivity contribution is 6.42. The van der Waals surface area contributed by atoms with E-state index < -0.39 is 57.8 Å². The molecule has 0 radical (unpaired) electrons. The number of hydrogen-bond acceptors (Lipinski definition) is 10. The van der Waals surface area contributed by atoms with Crippen molar-refractivity contribution in [2.45, 2.75) is 33.6 Å². The molecule has 0 amide bonds. The minimum atomic E-state index is -1.98. The summed E-state index contributed by atoms with van der Waals surface area (Å²) in [6, 6.07) is 1.89. The average Bonchev–Trinajstić information content (AvgIpc) is 2.75. The maximum absolute atomic E-state index is 12.9. The molecule has 0 aromatic heterocycles. The summed E-state index contributed by atoms with van der Waals surface area (Å²) in [5.74, 6) is -10.5. The van der Waals surface area contributed by atoms with Crippen LogP contribution in [0.5, 0.6) is 0 Å². The summed E-state index contributed by atoms with van der Waals surface area (Å²) in [5, 5.41) is 11.5. The molecule has 0 spiro atoms. The number of carbonyl (C=O) groups excluding carboxylic acids is 4. The van der Waals surface area contributed by atoms with Gasteiger partial charge >= 0.3 is 23.9 Å². The average molecular weight is 522 g/mol. The van der Waals surface area contributed by atoms with Crippen LogP contribution in [0.4, 0.5) is 5.69 Å². The molecule has 11 nitrogen and oxygen atoms in total. The highest BCUT2D eigenvalue weighted by atomic mass is 35.5. The molecule has 1 aromatic rings. The largest absolute Gasteiger partial charge is 0.465 e. The smallest absolute Gasteiger partial charge is 0.321 e. The van der Waals surface area contributed by atoms with E-state index in [-0.39, 0.29) is 36.5 Å². The number of nitro groups is 1. The van der Waals surface area contributed by atoms with Crippen molar-refractivity contribution in [1.29, 1.82) is 0 Å². The van der Waals surface area contributed by atoms with Crippen molar-refractivity contribution in [3.05, 3.63) is 37.9 Å². The zero-order valence-electron chi connectivity index (χ0n) is 19.0. The quantitative estimate of drug-likeness (QED) is 0.131. The maximum Gasteiger partial charge on any atom is 0.321 e. The molecule has 0 fully saturated rings. The first-order valence-electron chi connectivity index (χ1n) is 10.3. The number of ether oxygens (including phenoxy) is 4. The van der Waals surface area contributed by atoms with E-state index in [1.54, 1.807) is 0 Å². The fourth-order valence-corrected chi connectivity index (χ4v) is 3.57. The van der Waals surface area contributed by atoms with Gasteiger partial charge in [0, 0.05) is 17.5 Å². The fourth-order valence-electron chi connectivity index (χ4n) is 3.24. The van der Waals surface area contributed by atoms with E-state index in [9.17, 15) is 29.3 Å². The Kier molecular flexibility index (Phi) is 11.7. The second-order valence-electron chi connectivity index (χ2n) is 6.57. The van der Waals surface area contributed by atoms with E-state index in [2.05, 4.69) is 0 Å². The SMILES string of the molecule is CCOC(=O)C(C(=O)OCC)C(c1cc(Cl)c(Cl)cc1[N+](=O)[O-])C(C(=O)OCC)C(=O)OCC. The van der Waals surface area contributed by atoms with Gasteiger partial charge in [-0.1, -0.05) is 23.2 Å². The van der Waals surface area contributed by atoms with Gasteiger partial charge in [-0.2, -0.15) is 0 Å². The van der Waals surface area contributed by atoms with Gasteiger partial charge < -0.3 is 18.9 Å². The Bertz CT molecular complexity index is 860. The molecule has 0 bridgehead atoms. The molecular formula is C21H25Cl2NO10. The van der Waals surface area contributed by atoms with Gasteiger partial charge in [-0.05, 0) is 33.8 Å². The predicted molar refractivity (Wildman–Crippen MR) is 119 cm³/mol. The second kappa shape index (κ2) is 13.7. The van der Waals surface area contributed by atoms with Gasteiger partial charge in [0.15, 0.2) is 11.8 Å². The lowest BCUT2D eigenvalue weighted by atomic mass is 9.75. The zero-order valence-corrected chi connectivity index (χ0v) is 20.5. The van der Waals surface area contributed by atoms with Gasteiger partial charge in [0.05, 0.1) is 41.4 Å². The molecule has 34 heavy (non-hydrogen) atoms. The van der Waals surface area contributed by atoms with Crippen molar-refractivity contribution in [2.75, 3.05) is 26.4 Å². The first kappa shape index (κ1) is 29.1. The van der Waals surface area contributed by atoms with Gasteiger partial charge in [0.25, 0.3) is 5.69 Å². The molecule has 0 heterocycles. The Morgan fingerprint density at radius 1 is 0.765 bits per heavy atom. The van der Waals surface area contributed by atoms with Crippen molar-refractivity contribution in [3.8, 4) is 0 Å². The predicted octanol–water partition coefficient (Wildman–Crippen LogP) is 3.47. The summed E-state index contributed by atoms with van der Waals surface area (Å²) >= 11 is 12.0. The van der Waals surface area contributed by atoms with E-state index in [1.165, 1.54) is 27.7 Å². The van der Waals surface area contributed by atoms with E-state index in [0.29, 0.717) is 0 Å². The van der Waals surface area contributed by atoms with E-state index in [0.717, 1.165) is 12.1 Å². The molecule has 0 saturated carbocycles. The number of rotatable bonds is 12. The van der Waals surface area contributed by atoms with E-state index >= 15 is 0 Å². The summed E-state index contributed by atoms with van der Waals surface area (Å²) in [4.78, 5) is 62.7. The number of esters is 4. The highest BCUT2D eigenvalue weighted by Gasteiger charge is 2.51. The Labute approximate surface area is 205 Å².